The van der Waals surface area contributed by atoms with E-state index in [0.29, 0.717) is 15.6 Å². The second-order valence-electron chi connectivity index (χ2n) is 8.67. The molecule has 8 heteroatoms. The van der Waals surface area contributed by atoms with Gasteiger partial charge >= 0.3 is 0 Å². The van der Waals surface area contributed by atoms with E-state index < -0.39 is 17.8 Å². The number of hydrogen-bond acceptors (Lipinski definition) is 2. The molecule has 36 heavy (non-hydrogen) atoms. The Bertz CT molecular complexity index is 1190. The van der Waals surface area contributed by atoms with E-state index in [-0.39, 0.29) is 41.9 Å². The van der Waals surface area contributed by atoms with Crippen LogP contribution in [0.1, 0.15) is 37.0 Å². The van der Waals surface area contributed by atoms with Gasteiger partial charge in [-0.2, -0.15) is 0 Å². The van der Waals surface area contributed by atoms with Crippen LogP contribution in [-0.4, -0.2) is 28.8 Å². The average molecular weight is 550 g/mol. The topological polar surface area (TPSA) is 49.4 Å². The highest BCUT2D eigenvalue weighted by atomic mass is 35.5. The molecule has 0 heterocycles. The van der Waals surface area contributed by atoms with Crippen LogP contribution in [-0.2, 0) is 29.0 Å². The molecule has 0 aromatic heterocycles. The highest BCUT2D eigenvalue weighted by Crippen LogP contribution is 2.26. The molecule has 1 N–H and O–H groups in total. The Hall–Kier alpha value is -2.60. The Morgan fingerprint density at radius 2 is 1.64 bits per heavy atom. The smallest absolute Gasteiger partial charge is 0.243 e. The summed E-state index contributed by atoms with van der Waals surface area (Å²) in [6.07, 6.45) is 0.714. The van der Waals surface area contributed by atoms with Crippen molar-refractivity contribution in [3.63, 3.8) is 0 Å². The molecular weight excluding hydrogens is 522 g/mol. The van der Waals surface area contributed by atoms with Gasteiger partial charge in [-0.25, -0.2) is 4.39 Å². The summed E-state index contributed by atoms with van der Waals surface area (Å²) in [6.45, 7) is 3.95. The van der Waals surface area contributed by atoms with Crippen LogP contribution in [0.25, 0.3) is 0 Å². The van der Waals surface area contributed by atoms with Gasteiger partial charge in [0, 0.05) is 29.6 Å². The summed E-state index contributed by atoms with van der Waals surface area (Å²) in [7, 11) is 0. The third kappa shape index (κ3) is 7.45. The van der Waals surface area contributed by atoms with Gasteiger partial charge in [-0.3, -0.25) is 9.59 Å². The molecular formula is C28H28Cl3FN2O2. The molecule has 2 amide bonds. The third-order valence-electron chi connectivity index (χ3n) is 6.00. The summed E-state index contributed by atoms with van der Waals surface area (Å²) in [5, 5.41) is 3.87. The lowest BCUT2D eigenvalue weighted by atomic mass is 10.0. The van der Waals surface area contributed by atoms with Crippen LogP contribution in [0.15, 0.2) is 66.7 Å². The summed E-state index contributed by atoms with van der Waals surface area (Å²) in [5.41, 5.74) is 1.66. The number of nitrogens with zero attached hydrogens (tertiary/aromatic N) is 1. The van der Waals surface area contributed by atoms with Gasteiger partial charge in [0.2, 0.25) is 11.8 Å². The largest absolute Gasteiger partial charge is 0.352 e. The molecule has 0 saturated heterocycles. The van der Waals surface area contributed by atoms with Gasteiger partial charge in [-0.1, -0.05) is 84.2 Å². The van der Waals surface area contributed by atoms with Crippen molar-refractivity contribution in [2.24, 2.45) is 0 Å². The van der Waals surface area contributed by atoms with E-state index in [2.05, 4.69) is 5.32 Å². The van der Waals surface area contributed by atoms with Crippen molar-refractivity contribution in [1.82, 2.24) is 10.2 Å². The number of amides is 2. The minimum absolute atomic E-state index is 0.0766. The molecule has 0 radical (unpaired) electrons. The molecule has 3 aromatic carbocycles. The zero-order valence-electron chi connectivity index (χ0n) is 20.1. The van der Waals surface area contributed by atoms with Crippen molar-refractivity contribution in [2.45, 2.75) is 51.7 Å². The first-order valence-corrected chi connectivity index (χ1v) is 12.8. The lowest BCUT2D eigenvalue weighted by molar-refractivity contribution is -0.141. The van der Waals surface area contributed by atoms with Crippen LogP contribution in [0.5, 0.6) is 0 Å². The third-order valence-corrected chi connectivity index (χ3v) is 7.09. The van der Waals surface area contributed by atoms with Gasteiger partial charge in [0.25, 0.3) is 0 Å². The SMILES string of the molecule is CC[C@H](C)NC(=O)[C@@H](Cc1ccccc1)N(Cc1ccc(Cl)c(Cl)c1)C(=O)Cc1c(F)cccc1Cl. The molecule has 0 aliphatic rings. The predicted molar refractivity (Wildman–Crippen MR) is 144 cm³/mol. The standard InChI is InChI=1S/C28H28Cl3FN2O2/c1-3-18(2)33-28(36)26(15-19-8-5-4-6-9-19)34(17-20-12-13-23(30)24(31)14-20)27(35)16-21-22(29)10-7-11-25(21)32/h4-14,18,26H,3,15-17H2,1-2H3,(H,33,36)/t18-,26+/m0/s1. The van der Waals surface area contributed by atoms with E-state index in [1.165, 1.54) is 23.1 Å². The van der Waals surface area contributed by atoms with E-state index in [9.17, 15) is 14.0 Å². The minimum Gasteiger partial charge on any atom is -0.352 e. The number of benzene rings is 3. The Morgan fingerprint density at radius 3 is 2.28 bits per heavy atom. The zero-order valence-corrected chi connectivity index (χ0v) is 22.4. The fraction of sp³-hybridized carbons (Fsp3) is 0.286. The lowest BCUT2D eigenvalue weighted by Crippen LogP contribution is -2.52. The number of carbonyl (C=O) groups excluding carboxylic acids is 2. The first-order chi connectivity index (χ1) is 17.2. The van der Waals surface area contributed by atoms with Crippen LogP contribution in [0, 0.1) is 5.82 Å². The highest BCUT2D eigenvalue weighted by Gasteiger charge is 2.31. The molecule has 0 fully saturated rings. The summed E-state index contributed by atoms with van der Waals surface area (Å²) in [5.74, 6) is -1.30. The molecule has 0 aliphatic heterocycles. The van der Waals surface area contributed by atoms with Crippen molar-refractivity contribution in [3.8, 4) is 0 Å². The van der Waals surface area contributed by atoms with Crippen LogP contribution >= 0.6 is 34.8 Å². The Balaban J connectivity index is 2.03. The molecule has 4 nitrogen and oxygen atoms in total. The molecule has 2 atom stereocenters. The van der Waals surface area contributed by atoms with Crippen LogP contribution in [0.2, 0.25) is 15.1 Å². The molecule has 3 rings (SSSR count). The molecule has 0 aliphatic carbocycles. The van der Waals surface area contributed by atoms with E-state index in [0.717, 1.165) is 12.0 Å². The quantitative estimate of drug-likeness (QED) is 0.300. The van der Waals surface area contributed by atoms with Gasteiger partial charge in [0.1, 0.15) is 11.9 Å². The van der Waals surface area contributed by atoms with Gasteiger partial charge in [0.05, 0.1) is 16.5 Å². The predicted octanol–water partition coefficient (Wildman–Crippen LogP) is 6.88. The Labute approximate surface area is 226 Å². The maximum atomic E-state index is 14.6. The van der Waals surface area contributed by atoms with Crippen LogP contribution in [0.3, 0.4) is 0 Å². The maximum Gasteiger partial charge on any atom is 0.243 e. The van der Waals surface area contributed by atoms with Gasteiger partial charge < -0.3 is 10.2 Å². The number of rotatable bonds is 10. The molecule has 0 spiro atoms. The molecule has 190 valence electrons. The van der Waals surface area contributed by atoms with Crippen LogP contribution < -0.4 is 5.32 Å². The van der Waals surface area contributed by atoms with Crippen molar-refractivity contribution >= 4 is 46.6 Å². The summed E-state index contributed by atoms with van der Waals surface area (Å²) >= 11 is 18.5. The monoisotopic (exact) mass is 548 g/mol. The average Bonchev–Trinajstić information content (AvgIpc) is 2.86. The molecule has 0 saturated carbocycles. The number of hydrogen-bond donors (Lipinski definition) is 1. The zero-order chi connectivity index (χ0) is 26.2. The van der Waals surface area contributed by atoms with Crippen molar-refractivity contribution in [3.05, 3.63) is 104 Å². The van der Waals surface area contributed by atoms with E-state index in [4.69, 9.17) is 34.8 Å². The van der Waals surface area contributed by atoms with Gasteiger partial charge in [-0.15, -0.1) is 0 Å². The second kappa shape index (κ2) is 13.1. The normalized spacial score (nSPS) is 12.6. The summed E-state index contributed by atoms with van der Waals surface area (Å²) < 4.78 is 14.6. The fourth-order valence-corrected chi connectivity index (χ4v) is 4.33. The fourth-order valence-electron chi connectivity index (χ4n) is 3.78. The van der Waals surface area contributed by atoms with E-state index in [1.807, 2.05) is 44.2 Å². The lowest BCUT2D eigenvalue weighted by Gasteiger charge is -2.32. The number of nitrogens with one attached hydrogen (secondary N) is 1. The minimum atomic E-state index is -0.853. The maximum absolute atomic E-state index is 14.6. The summed E-state index contributed by atoms with van der Waals surface area (Å²) in [4.78, 5) is 28.7. The van der Waals surface area contributed by atoms with Crippen molar-refractivity contribution < 1.29 is 14.0 Å². The number of carbonyl (C=O) groups is 2. The highest BCUT2D eigenvalue weighted by molar-refractivity contribution is 6.42. The molecule has 3 aromatic rings. The summed E-state index contributed by atoms with van der Waals surface area (Å²) in [6, 6.07) is 17.8. The van der Waals surface area contributed by atoms with E-state index >= 15 is 0 Å². The van der Waals surface area contributed by atoms with Crippen LogP contribution in [0.4, 0.5) is 4.39 Å². The van der Waals surface area contributed by atoms with Gasteiger partial charge in [-0.05, 0) is 48.7 Å². The second-order valence-corrected chi connectivity index (χ2v) is 9.89. The Morgan fingerprint density at radius 1 is 0.917 bits per heavy atom. The first-order valence-electron chi connectivity index (χ1n) is 11.7. The molecule has 0 unspecified atom stereocenters. The number of halogens is 4. The Kier molecular flexibility index (Phi) is 10.2. The van der Waals surface area contributed by atoms with E-state index in [1.54, 1.807) is 18.2 Å². The van der Waals surface area contributed by atoms with Crippen molar-refractivity contribution in [2.75, 3.05) is 0 Å². The first kappa shape index (κ1) is 28.0. The van der Waals surface area contributed by atoms with Crippen molar-refractivity contribution in [1.29, 1.82) is 0 Å². The molecule has 0 bridgehead atoms. The van der Waals surface area contributed by atoms with Gasteiger partial charge in [0.15, 0.2) is 0 Å².